The molecule has 0 bridgehead atoms. The highest BCUT2D eigenvalue weighted by Crippen LogP contribution is 2.19. The molecule has 0 aromatic heterocycles. The Bertz CT molecular complexity index is 300. The van der Waals surface area contributed by atoms with Gasteiger partial charge >= 0.3 is 0 Å². The number of hydrogen-bond donors (Lipinski definition) is 1. The Morgan fingerprint density at radius 3 is 2.56 bits per heavy atom. The van der Waals surface area contributed by atoms with Crippen LogP contribution in [0.3, 0.4) is 0 Å². The third-order valence-electron chi connectivity index (χ3n) is 3.19. The van der Waals surface area contributed by atoms with Crippen LogP contribution in [0.4, 0.5) is 0 Å². The molecule has 1 saturated heterocycles. The van der Waals surface area contributed by atoms with Crippen LogP contribution in [-0.2, 0) is 9.59 Å². The van der Waals surface area contributed by atoms with Gasteiger partial charge in [0.15, 0.2) is 0 Å². The van der Waals surface area contributed by atoms with E-state index in [0.29, 0.717) is 31.3 Å². The average Bonchev–Trinajstić information content (AvgIpc) is 2.59. The number of carbonyl (C=O) groups excluding carboxylic acids is 2. The maximum Gasteiger partial charge on any atom is 0.225 e. The Morgan fingerprint density at radius 1 is 1.33 bits per heavy atom. The first-order valence-corrected chi connectivity index (χ1v) is 6.95. The van der Waals surface area contributed by atoms with Crippen molar-refractivity contribution in [2.45, 2.75) is 40.5 Å². The predicted molar refractivity (Wildman–Crippen MR) is 72.0 cm³/mol. The smallest absolute Gasteiger partial charge is 0.225 e. The normalized spacial score (nSPS) is 20.0. The van der Waals surface area contributed by atoms with Gasteiger partial charge in [0.05, 0.1) is 5.92 Å². The molecule has 4 heteroatoms. The summed E-state index contributed by atoms with van der Waals surface area (Å²) in [6.45, 7) is 10.5. The number of rotatable bonds is 6. The van der Waals surface area contributed by atoms with Crippen molar-refractivity contribution in [2.24, 2.45) is 17.8 Å². The molecule has 1 aliphatic heterocycles. The first-order valence-electron chi connectivity index (χ1n) is 6.95. The minimum atomic E-state index is -0.150. The lowest BCUT2D eigenvalue weighted by Gasteiger charge is -2.18. The molecule has 4 nitrogen and oxygen atoms in total. The minimum absolute atomic E-state index is 0.0373. The maximum absolute atomic E-state index is 11.9. The van der Waals surface area contributed by atoms with Gasteiger partial charge in [0.25, 0.3) is 0 Å². The van der Waals surface area contributed by atoms with Gasteiger partial charge in [-0.1, -0.05) is 27.7 Å². The van der Waals surface area contributed by atoms with E-state index < -0.39 is 0 Å². The molecule has 0 saturated carbocycles. The van der Waals surface area contributed by atoms with Gasteiger partial charge in [0, 0.05) is 26.1 Å². The van der Waals surface area contributed by atoms with E-state index in [4.69, 9.17) is 0 Å². The first kappa shape index (κ1) is 15.0. The molecule has 1 rings (SSSR count). The molecule has 1 fully saturated rings. The fraction of sp³-hybridized carbons (Fsp3) is 0.857. The van der Waals surface area contributed by atoms with Crippen molar-refractivity contribution in [2.75, 3.05) is 19.6 Å². The zero-order chi connectivity index (χ0) is 13.7. The van der Waals surface area contributed by atoms with Crippen molar-refractivity contribution in [3.8, 4) is 0 Å². The molecule has 18 heavy (non-hydrogen) atoms. The van der Waals surface area contributed by atoms with Crippen LogP contribution in [0.15, 0.2) is 0 Å². The monoisotopic (exact) mass is 254 g/mol. The third kappa shape index (κ3) is 4.67. The van der Waals surface area contributed by atoms with Crippen LogP contribution < -0.4 is 5.32 Å². The summed E-state index contributed by atoms with van der Waals surface area (Å²) in [5.74, 6) is 1.05. The summed E-state index contributed by atoms with van der Waals surface area (Å²) in [6.07, 6.45) is 1.36. The molecule has 0 spiro atoms. The lowest BCUT2D eigenvalue weighted by molar-refractivity contribution is -0.129. The molecule has 1 atom stereocenters. The van der Waals surface area contributed by atoms with Gasteiger partial charge in [-0.2, -0.15) is 0 Å². The summed E-state index contributed by atoms with van der Waals surface area (Å²) in [7, 11) is 0. The number of hydrogen-bond acceptors (Lipinski definition) is 2. The van der Waals surface area contributed by atoms with Crippen molar-refractivity contribution in [3.05, 3.63) is 0 Å². The van der Waals surface area contributed by atoms with E-state index in [1.54, 1.807) is 0 Å². The molecular weight excluding hydrogens is 228 g/mol. The highest BCUT2D eigenvalue weighted by atomic mass is 16.2. The SMILES string of the molecule is CC(C)CCNC(=O)[C@@H]1CC(=O)N(CC(C)C)C1. The molecule has 2 amide bonds. The number of nitrogens with one attached hydrogen (secondary N) is 1. The highest BCUT2D eigenvalue weighted by molar-refractivity contribution is 5.89. The van der Waals surface area contributed by atoms with E-state index in [1.165, 1.54) is 0 Å². The summed E-state index contributed by atoms with van der Waals surface area (Å²) in [5, 5.41) is 2.93. The van der Waals surface area contributed by atoms with Crippen molar-refractivity contribution in [1.29, 1.82) is 0 Å². The van der Waals surface area contributed by atoms with E-state index in [9.17, 15) is 9.59 Å². The van der Waals surface area contributed by atoms with Crippen molar-refractivity contribution < 1.29 is 9.59 Å². The Kier molecular flexibility index (Phi) is 5.63. The first-order chi connectivity index (χ1) is 8.40. The lowest BCUT2D eigenvalue weighted by Crippen LogP contribution is -2.34. The van der Waals surface area contributed by atoms with Gasteiger partial charge in [-0.3, -0.25) is 9.59 Å². The van der Waals surface area contributed by atoms with Crippen LogP contribution >= 0.6 is 0 Å². The fourth-order valence-electron chi connectivity index (χ4n) is 2.19. The Morgan fingerprint density at radius 2 is 2.00 bits per heavy atom. The van der Waals surface area contributed by atoms with E-state index in [2.05, 4.69) is 33.0 Å². The number of carbonyl (C=O) groups is 2. The van der Waals surface area contributed by atoms with Gasteiger partial charge in [-0.05, 0) is 18.3 Å². The van der Waals surface area contributed by atoms with Crippen LogP contribution in [0.25, 0.3) is 0 Å². The van der Waals surface area contributed by atoms with E-state index in [-0.39, 0.29) is 17.7 Å². The van der Waals surface area contributed by atoms with Crippen molar-refractivity contribution in [3.63, 3.8) is 0 Å². The van der Waals surface area contributed by atoms with Gasteiger partial charge < -0.3 is 10.2 Å². The average molecular weight is 254 g/mol. The Balaban J connectivity index is 2.35. The number of nitrogens with zero attached hydrogens (tertiary/aromatic N) is 1. The molecule has 0 aromatic carbocycles. The third-order valence-corrected chi connectivity index (χ3v) is 3.19. The van der Waals surface area contributed by atoms with Crippen molar-refractivity contribution in [1.82, 2.24) is 10.2 Å². The van der Waals surface area contributed by atoms with Gasteiger partial charge in [0.2, 0.25) is 11.8 Å². The number of amides is 2. The summed E-state index contributed by atoms with van der Waals surface area (Å²) in [5.41, 5.74) is 0. The Labute approximate surface area is 110 Å². The molecule has 104 valence electrons. The summed E-state index contributed by atoms with van der Waals surface area (Å²) >= 11 is 0. The topological polar surface area (TPSA) is 49.4 Å². The molecule has 1 heterocycles. The number of likely N-dealkylation sites (tertiary alicyclic amines) is 1. The van der Waals surface area contributed by atoms with Crippen LogP contribution in [0.1, 0.15) is 40.5 Å². The molecule has 0 radical (unpaired) electrons. The summed E-state index contributed by atoms with van der Waals surface area (Å²) in [6, 6.07) is 0. The van der Waals surface area contributed by atoms with E-state index >= 15 is 0 Å². The second kappa shape index (κ2) is 6.76. The molecule has 0 unspecified atom stereocenters. The molecule has 1 N–H and O–H groups in total. The lowest BCUT2D eigenvalue weighted by atomic mass is 10.1. The molecule has 0 aliphatic carbocycles. The zero-order valence-electron chi connectivity index (χ0n) is 12.0. The molecular formula is C14H26N2O2. The predicted octanol–water partition coefficient (Wildman–Crippen LogP) is 1.65. The largest absolute Gasteiger partial charge is 0.356 e. The highest BCUT2D eigenvalue weighted by Gasteiger charge is 2.34. The summed E-state index contributed by atoms with van der Waals surface area (Å²) in [4.78, 5) is 25.5. The molecule has 0 aromatic rings. The van der Waals surface area contributed by atoms with Gasteiger partial charge in [-0.25, -0.2) is 0 Å². The second-order valence-electron chi connectivity index (χ2n) is 6.07. The van der Waals surface area contributed by atoms with Crippen molar-refractivity contribution >= 4 is 11.8 Å². The van der Waals surface area contributed by atoms with Gasteiger partial charge in [0.1, 0.15) is 0 Å². The second-order valence-corrected chi connectivity index (χ2v) is 6.07. The quantitative estimate of drug-likeness (QED) is 0.783. The van der Waals surface area contributed by atoms with Crippen LogP contribution in [0, 0.1) is 17.8 Å². The minimum Gasteiger partial charge on any atom is -0.356 e. The summed E-state index contributed by atoms with van der Waals surface area (Å²) < 4.78 is 0. The van der Waals surface area contributed by atoms with Crippen LogP contribution in [0.2, 0.25) is 0 Å². The maximum atomic E-state index is 11.9. The van der Waals surface area contributed by atoms with Crippen LogP contribution in [0.5, 0.6) is 0 Å². The zero-order valence-corrected chi connectivity index (χ0v) is 12.0. The Hall–Kier alpha value is -1.06. The van der Waals surface area contributed by atoms with E-state index in [0.717, 1.165) is 13.0 Å². The standard InChI is InChI=1S/C14H26N2O2/c1-10(2)5-6-15-14(18)12-7-13(17)16(9-12)8-11(3)4/h10-12H,5-9H2,1-4H3,(H,15,18)/t12-/m1/s1. The van der Waals surface area contributed by atoms with E-state index in [1.807, 2.05) is 4.90 Å². The van der Waals surface area contributed by atoms with Gasteiger partial charge in [-0.15, -0.1) is 0 Å². The molecule has 1 aliphatic rings. The van der Waals surface area contributed by atoms with Crippen LogP contribution in [-0.4, -0.2) is 36.3 Å². The fourth-order valence-corrected chi connectivity index (χ4v) is 2.19.